The number of esters is 1. The van der Waals surface area contributed by atoms with Gasteiger partial charge in [0.25, 0.3) is 5.91 Å². The van der Waals surface area contributed by atoms with Crippen LogP contribution in [0.2, 0.25) is 0 Å². The van der Waals surface area contributed by atoms with Gasteiger partial charge in [0.1, 0.15) is 5.75 Å². The maximum atomic E-state index is 12.3. The molecule has 0 heterocycles. The molecular weight excluding hydrogens is 380 g/mol. The molecule has 0 aliphatic heterocycles. The maximum Gasteiger partial charge on any atom is 0.344 e. The predicted octanol–water partition coefficient (Wildman–Crippen LogP) is 4.44. The smallest absolute Gasteiger partial charge is 0.344 e. The molecule has 30 heavy (non-hydrogen) atoms. The van der Waals surface area contributed by atoms with Crippen molar-refractivity contribution in [3.8, 4) is 5.75 Å². The first-order valence-electron chi connectivity index (χ1n) is 10.6. The number of rotatable bonds is 8. The first-order chi connectivity index (χ1) is 14.5. The van der Waals surface area contributed by atoms with Crippen molar-refractivity contribution in [2.24, 2.45) is 5.92 Å². The number of hydrogen-bond donors (Lipinski definition) is 2. The van der Waals surface area contributed by atoms with Gasteiger partial charge in [-0.25, -0.2) is 4.79 Å². The van der Waals surface area contributed by atoms with E-state index in [0.717, 1.165) is 30.6 Å². The summed E-state index contributed by atoms with van der Waals surface area (Å²) in [6.45, 7) is 3.49. The average molecular weight is 411 g/mol. The van der Waals surface area contributed by atoms with E-state index >= 15 is 0 Å². The van der Waals surface area contributed by atoms with Crippen LogP contribution in [-0.2, 0) is 14.3 Å². The monoisotopic (exact) mass is 410 g/mol. The lowest BCUT2D eigenvalue weighted by atomic mass is 9.86. The van der Waals surface area contributed by atoms with Crippen LogP contribution in [0.15, 0.2) is 54.6 Å². The third-order valence-corrected chi connectivity index (χ3v) is 5.39. The fourth-order valence-electron chi connectivity index (χ4n) is 3.58. The minimum Gasteiger partial charge on any atom is -0.482 e. The molecule has 2 aromatic rings. The largest absolute Gasteiger partial charge is 0.482 e. The minimum atomic E-state index is -0.840. The molecule has 2 aromatic carbocycles. The van der Waals surface area contributed by atoms with Crippen LogP contribution in [0.3, 0.4) is 0 Å². The number of hydrogen-bond acceptors (Lipinski definition) is 5. The summed E-state index contributed by atoms with van der Waals surface area (Å²) in [6, 6.07) is 17.3. The second-order valence-electron chi connectivity index (χ2n) is 7.81. The van der Waals surface area contributed by atoms with Crippen molar-refractivity contribution in [3.05, 3.63) is 54.6 Å². The van der Waals surface area contributed by atoms with Gasteiger partial charge in [-0.15, -0.1) is 0 Å². The average Bonchev–Trinajstić information content (AvgIpc) is 2.75. The highest BCUT2D eigenvalue weighted by Crippen LogP contribution is 2.24. The Bertz CT molecular complexity index is 823. The van der Waals surface area contributed by atoms with E-state index < -0.39 is 12.1 Å². The van der Waals surface area contributed by atoms with Gasteiger partial charge in [0.15, 0.2) is 12.7 Å². The molecule has 6 nitrogen and oxygen atoms in total. The van der Waals surface area contributed by atoms with E-state index in [9.17, 15) is 9.59 Å². The predicted molar refractivity (Wildman–Crippen MR) is 117 cm³/mol. The molecule has 1 aliphatic rings. The number of carbonyl (C=O) groups is 2. The number of para-hydroxylation sites is 1. The lowest BCUT2D eigenvalue weighted by Gasteiger charge is -2.30. The van der Waals surface area contributed by atoms with Crippen LogP contribution in [0.4, 0.5) is 11.4 Å². The molecule has 1 aliphatic carbocycles. The SMILES string of the molecule is C[C@@H](OC(=O)COc1ccc(Nc2ccccc2)cc1)C(=O)N[C@H]1CCCC[C@@H]1C. The molecule has 0 bridgehead atoms. The van der Waals surface area contributed by atoms with Crippen molar-refractivity contribution in [1.29, 1.82) is 0 Å². The molecule has 160 valence electrons. The second kappa shape index (κ2) is 10.7. The highest BCUT2D eigenvalue weighted by Gasteiger charge is 2.26. The summed E-state index contributed by atoms with van der Waals surface area (Å²) < 4.78 is 10.7. The van der Waals surface area contributed by atoms with Gasteiger partial charge in [0.2, 0.25) is 0 Å². The number of anilines is 2. The van der Waals surface area contributed by atoms with Gasteiger partial charge in [0.05, 0.1) is 0 Å². The highest BCUT2D eigenvalue weighted by atomic mass is 16.6. The van der Waals surface area contributed by atoms with Crippen molar-refractivity contribution < 1.29 is 19.1 Å². The summed E-state index contributed by atoms with van der Waals surface area (Å²) >= 11 is 0. The van der Waals surface area contributed by atoms with Gasteiger partial charge in [-0.1, -0.05) is 38.0 Å². The molecule has 3 rings (SSSR count). The zero-order valence-electron chi connectivity index (χ0n) is 17.6. The van der Waals surface area contributed by atoms with Gasteiger partial charge in [-0.3, -0.25) is 4.79 Å². The van der Waals surface area contributed by atoms with Gasteiger partial charge in [0, 0.05) is 17.4 Å². The summed E-state index contributed by atoms with van der Waals surface area (Å²) in [5.41, 5.74) is 1.91. The number of ether oxygens (including phenoxy) is 2. The van der Waals surface area contributed by atoms with Crippen LogP contribution in [0.1, 0.15) is 39.5 Å². The molecule has 0 saturated heterocycles. The van der Waals surface area contributed by atoms with Crippen molar-refractivity contribution in [2.45, 2.75) is 51.7 Å². The lowest BCUT2D eigenvalue weighted by molar-refractivity contribution is -0.157. The molecule has 1 fully saturated rings. The number of carbonyl (C=O) groups excluding carboxylic acids is 2. The van der Waals surface area contributed by atoms with Crippen molar-refractivity contribution >= 4 is 23.3 Å². The summed E-state index contributed by atoms with van der Waals surface area (Å²) in [6.07, 6.45) is 3.58. The molecule has 0 spiro atoms. The molecule has 0 aromatic heterocycles. The Kier molecular flexibility index (Phi) is 7.71. The molecule has 1 amide bonds. The van der Waals surface area contributed by atoms with Gasteiger partial charge >= 0.3 is 5.97 Å². The minimum absolute atomic E-state index is 0.159. The van der Waals surface area contributed by atoms with Crippen molar-refractivity contribution in [1.82, 2.24) is 5.32 Å². The van der Waals surface area contributed by atoms with E-state index in [1.54, 1.807) is 19.1 Å². The Morgan fingerprint density at radius 3 is 2.37 bits per heavy atom. The summed E-state index contributed by atoms with van der Waals surface area (Å²) in [7, 11) is 0. The zero-order valence-corrected chi connectivity index (χ0v) is 17.6. The summed E-state index contributed by atoms with van der Waals surface area (Å²) in [4.78, 5) is 24.4. The van der Waals surface area contributed by atoms with E-state index in [4.69, 9.17) is 9.47 Å². The van der Waals surface area contributed by atoms with Crippen LogP contribution in [-0.4, -0.2) is 30.6 Å². The Morgan fingerprint density at radius 1 is 1.00 bits per heavy atom. The first-order valence-corrected chi connectivity index (χ1v) is 10.6. The fraction of sp³-hybridized carbons (Fsp3) is 0.417. The third kappa shape index (κ3) is 6.51. The number of amides is 1. The quantitative estimate of drug-likeness (QED) is 0.630. The highest BCUT2D eigenvalue weighted by molar-refractivity contribution is 5.84. The van der Waals surface area contributed by atoms with E-state index in [1.165, 1.54) is 6.42 Å². The van der Waals surface area contributed by atoms with E-state index in [-0.39, 0.29) is 18.6 Å². The topological polar surface area (TPSA) is 76.7 Å². The second-order valence-corrected chi connectivity index (χ2v) is 7.81. The number of benzene rings is 2. The molecule has 2 N–H and O–H groups in total. The molecule has 1 saturated carbocycles. The van der Waals surface area contributed by atoms with Gasteiger partial charge < -0.3 is 20.1 Å². The van der Waals surface area contributed by atoms with Crippen LogP contribution in [0, 0.1) is 5.92 Å². The molecular formula is C24H30N2O4. The fourth-order valence-corrected chi connectivity index (χ4v) is 3.58. The lowest BCUT2D eigenvalue weighted by Crippen LogP contribution is -2.46. The Morgan fingerprint density at radius 2 is 1.67 bits per heavy atom. The molecule has 0 radical (unpaired) electrons. The van der Waals surface area contributed by atoms with Crippen LogP contribution < -0.4 is 15.4 Å². The Balaban J connectivity index is 1.40. The third-order valence-electron chi connectivity index (χ3n) is 5.39. The Hall–Kier alpha value is -3.02. The van der Waals surface area contributed by atoms with E-state index in [1.807, 2.05) is 42.5 Å². The van der Waals surface area contributed by atoms with Crippen LogP contribution in [0.25, 0.3) is 0 Å². The van der Waals surface area contributed by atoms with Crippen LogP contribution in [0.5, 0.6) is 5.75 Å². The van der Waals surface area contributed by atoms with Gasteiger partial charge in [-0.2, -0.15) is 0 Å². The van der Waals surface area contributed by atoms with Gasteiger partial charge in [-0.05, 0) is 62.1 Å². The summed E-state index contributed by atoms with van der Waals surface area (Å²) in [5.74, 6) is 0.186. The molecule has 3 atom stereocenters. The van der Waals surface area contributed by atoms with Crippen molar-refractivity contribution in [3.63, 3.8) is 0 Å². The molecule has 0 unspecified atom stereocenters. The zero-order chi connectivity index (χ0) is 21.3. The number of nitrogens with one attached hydrogen (secondary N) is 2. The normalized spacial score (nSPS) is 19.4. The summed E-state index contributed by atoms with van der Waals surface area (Å²) in [5, 5.41) is 6.29. The standard InChI is InChI=1S/C24H30N2O4/c1-17-8-6-7-11-22(17)26-24(28)18(2)30-23(27)16-29-21-14-12-20(13-15-21)25-19-9-4-3-5-10-19/h3-5,9-10,12-15,17-18,22,25H,6-8,11,16H2,1-2H3,(H,26,28)/t17-,18+,22-/m0/s1. The Labute approximate surface area is 178 Å². The van der Waals surface area contributed by atoms with E-state index in [2.05, 4.69) is 17.6 Å². The first kappa shape index (κ1) is 21.7. The van der Waals surface area contributed by atoms with E-state index in [0.29, 0.717) is 11.7 Å². The maximum absolute atomic E-state index is 12.3. The van der Waals surface area contributed by atoms with Crippen LogP contribution >= 0.6 is 0 Å². The molecule has 6 heteroatoms. The van der Waals surface area contributed by atoms with Crippen molar-refractivity contribution in [2.75, 3.05) is 11.9 Å².